The second-order valence-electron chi connectivity index (χ2n) is 8.70. The lowest BCUT2D eigenvalue weighted by atomic mass is 10.1. The Bertz CT molecular complexity index is 1690. The van der Waals surface area contributed by atoms with Crippen LogP contribution in [0.25, 0.3) is 22.0 Å². The third kappa shape index (κ3) is 4.06. The van der Waals surface area contributed by atoms with E-state index in [9.17, 15) is 14.9 Å². The number of benzene rings is 2. The minimum atomic E-state index is -0.457. The Hall–Kier alpha value is -4.62. The minimum absolute atomic E-state index is 0.0324. The Labute approximate surface area is 206 Å². The Kier molecular flexibility index (Phi) is 5.91. The van der Waals surface area contributed by atoms with E-state index in [1.165, 1.54) is 4.57 Å². The van der Waals surface area contributed by atoms with Gasteiger partial charge >= 0.3 is 5.76 Å². The van der Waals surface area contributed by atoms with Gasteiger partial charge in [0.05, 0.1) is 35.4 Å². The average Bonchev–Trinajstić information content (AvgIpc) is 3.44. The van der Waals surface area contributed by atoms with Crippen LogP contribution in [0.15, 0.2) is 73.1 Å². The maximum Gasteiger partial charge on any atom is 0.419 e. The largest absolute Gasteiger partial charge is 0.419 e. The molecular formula is C26H23N7O3. The number of oxazole rings is 1. The number of aryl methyl sites for hydroxylation is 1. The van der Waals surface area contributed by atoms with Crippen LogP contribution in [0, 0.1) is 11.3 Å². The number of hydrogen-bond acceptors (Lipinski definition) is 7. The summed E-state index contributed by atoms with van der Waals surface area (Å²) in [6.45, 7) is 7.13. The van der Waals surface area contributed by atoms with E-state index in [2.05, 4.69) is 27.8 Å². The minimum Gasteiger partial charge on any atom is -0.408 e. The summed E-state index contributed by atoms with van der Waals surface area (Å²) in [5.41, 5.74) is 4.74. The Morgan fingerprint density at radius 1 is 1.28 bits per heavy atom. The number of rotatable bonds is 4. The van der Waals surface area contributed by atoms with Crippen molar-refractivity contribution >= 4 is 40.5 Å². The van der Waals surface area contributed by atoms with Gasteiger partial charge in [-0.3, -0.25) is 14.3 Å². The maximum absolute atomic E-state index is 13.0. The van der Waals surface area contributed by atoms with Gasteiger partial charge < -0.3 is 4.42 Å². The smallest absolute Gasteiger partial charge is 0.408 e. The molecule has 0 saturated heterocycles. The number of aliphatic imine (C=N–C) groups is 2. The zero-order valence-electron chi connectivity index (χ0n) is 19.9. The molecule has 0 N–H and O–H groups in total. The van der Waals surface area contributed by atoms with E-state index >= 15 is 0 Å². The summed E-state index contributed by atoms with van der Waals surface area (Å²) in [5.74, 6) is -0.158. The summed E-state index contributed by atoms with van der Waals surface area (Å²) in [5, 5.41) is 14.5. The highest BCUT2D eigenvalue weighted by molar-refractivity contribution is 6.00. The van der Waals surface area contributed by atoms with Crippen LogP contribution >= 0.6 is 0 Å². The fourth-order valence-corrected chi connectivity index (χ4v) is 4.44. The predicted molar refractivity (Wildman–Crippen MR) is 136 cm³/mol. The van der Waals surface area contributed by atoms with Crippen LogP contribution in [-0.4, -0.2) is 57.3 Å². The van der Waals surface area contributed by atoms with Crippen molar-refractivity contribution in [1.29, 1.82) is 5.26 Å². The second-order valence-corrected chi connectivity index (χ2v) is 8.70. The van der Waals surface area contributed by atoms with Crippen LogP contribution < -0.4 is 5.76 Å². The van der Waals surface area contributed by atoms with Crippen molar-refractivity contribution < 1.29 is 9.21 Å². The van der Waals surface area contributed by atoms with Gasteiger partial charge in [0, 0.05) is 43.2 Å². The molecule has 10 heteroatoms. The summed E-state index contributed by atoms with van der Waals surface area (Å²) < 4.78 is 8.12. The number of nitriles is 1. The van der Waals surface area contributed by atoms with Crippen molar-refractivity contribution in [2.75, 3.05) is 19.6 Å². The number of carbonyl (C=O) groups excluding carboxylic acids is 1. The molecule has 0 aliphatic carbocycles. The van der Waals surface area contributed by atoms with Gasteiger partial charge in [0.25, 0.3) is 5.96 Å². The highest BCUT2D eigenvalue weighted by Crippen LogP contribution is 2.22. The molecule has 1 aliphatic heterocycles. The Balaban J connectivity index is 1.35. The number of aromatic nitrogens is 3. The molecule has 180 valence electrons. The van der Waals surface area contributed by atoms with Crippen LogP contribution in [0.4, 0.5) is 0 Å². The number of hydrogen-bond donors (Lipinski definition) is 0. The molecule has 0 bridgehead atoms. The molecular weight excluding hydrogens is 458 g/mol. The molecule has 2 aromatic carbocycles. The van der Waals surface area contributed by atoms with Crippen LogP contribution in [0.3, 0.4) is 0 Å². The highest BCUT2D eigenvalue weighted by Gasteiger charge is 2.21. The third-order valence-electron chi connectivity index (χ3n) is 6.40. The lowest BCUT2D eigenvalue weighted by Crippen LogP contribution is -2.35. The average molecular weight is 482 g/mol. The van der Waals surface area contributed by atoms with Crippen LogP contribution in [0.2, 0.25) is 0 Å². The zero-order valence-corrected chi connectivity index (χ0v) is 19.9. The van der Waals surface area contributed by atoms with Crippen molar-refractivity contribution in [2.24, 2.45) is 17.0 Å². The monoisotopic (exact) mass is 481 g/mol. The second kappa shape index (κ2) is 9.20. The number of carbonyl (C=O) groups is 1. The molecule has 0 unspecified atom stereocenters. The van der Waals surface area contributed by atoms with Gasteiger partial charge in [-0.15, -0.1) is 0 Å². The van der Waals surface area contributed by atoms with E-state index in [0.29, 0.717) is 47.7 Å². The van der Waals surface area contributed by atoms with Gasteiger partial charge in [-0.25, -0.2) is 14.8 Å². The molecule has 2 aromatic heterocycles. The first-order valence-electron chi connectivity index (χ1n) is 11.4. The SMILES string of the molecule is C=NC(=NC1=C(C)CN(CC(=O)c2ccc3oc(=O)n(C)c3c2)CC1)n1ncc2c(C#N)cccc21. The topological polar surface area (TPSA) is 122 Å². The molecule has 0 fully saturated rings. The van der Waals surface area contributed by atoms with E-state index < -0.39 is 5.76 Å². The van der Waals surface area contributed by atoms with Gasteiger partial charge in [-0.2, -0.15) is 15.0 Å². The van der Waals surface area contributed by atoms with E-state index in [0.717, 1.165) is 22.2 Å². The van der Waals surface area contributed by atoms with Gasteiger partial charge in [-0.05, 0) is 49.5 Å². The van der Waals surface area contributed by atoms with Crippen LogP contribution in [-0.2, 0) is 7.05 Å². The van der Waals surface area contributed by atoms with Crippen molar-refractivity contribution in [3.8, 4) is 6.07 Å². The lowest BCUT2D eigenvalue weighted by Gasteiger charge is -2.27. The molecule has 10 nitrogen and oxygen atoms in total. The van der Waals surface area contributed by atoms with E-state index in [4.69, 9.17) is 9.41 Å². The van der Waals surface area contributed by atoms with E-state index in [1.54, 1.807) is 48.3 Å². The maximum atomic E-state index is 13.0. The summed E-state index contributed by atoms with van der Waals surface area (Å²) in [6, 6.07) is 12.6. The fraction of sp³-hybridized carbons (Fsp3) is 0.231. The van der Waals surface area contributed by atoms with Crippen molar-refractivity contribution in [2.45, 2.75) is 13.3 Å². The molecule has 0 radical (unpaired) electrons. The number of nitrogens with zero attached hydrogens (tertiary/aromatic N) is 7. The Morgan fingerprint density at radius 2 is 2.11 bits per heavy atom. The summed E-state index contributed by atoms with van der Waals surface area (Å²) >= 11 is 0. The zero-order chi connectivity index (χ0) is 25.4. The molecule has 0 saturated carbocycles. The molecule has 4 aromatic rings. The summed E-state index contributed by atoms with van der Waals surface area (Å²) in [6.07, 6.45) is 2.26. The predicted octanol–water partition coefficient (Wildman–Crippen LogP) is 3.12. The molecule has 0 spiro atoms. The number of fused-ring (bicyclic) bond motifs is 2. The number of ketones is 1. The molecule has 36 heavy (non-hydrogen) atoms. The summed E-state index contributed by atoms with van der Waals surface area (Å²) in [7, 11) is 1.62. The van der Waals surface area contributed by atoms with Gasteiger partial charge in [0.15, 0.2) is 11.4 Å². The quantitative estimate of drug-likeness (QED) is 0.251. The molecule has 3 heterocycles. The third-order valence-corrected chi connectivity index (χ3v) is 6.40. The van der Waals surface area contributed by atoms with Gasteiger partial charge in [0.2, 0.25) is 0 Å². The number of Topliss-reactive ketones (excluding diaryl/α,β-unsaturated/α-hetero) is 1. The lowest BCUT2D eigenvalue weighted by molar-refractivity contribution is 0.0934. The van der Waals surface area contributed by atoms with E-state index in [-0.39, 0.29) is 12.3 Å². The van der Waals surface area contributed by atoms with Crippen LogP contribution in [0.5, 0.6) is 0 Å². The van der Waals surface area contributed by atoms with Crippen molar-refractivity contribution in [3.05, 3.63) is 75.5 Å². The van der Waals surface area contributed by atoms with Gasteiger partial charge in [-0.1, -0.05) is 6.07 Å². The Morgan fingerprint density at radius 3 is 2.86 bits per heavy atom. The van der Waals surface area contributed by atoms with Crippen molar-refractivity contribution in [1.82, 2.24) is 19.2 Å². The molecule has 1 aliphatic rings. The summed E-state index contributed by atoms with van der Waals surface area (Å²) in [4.78, 5) is 35.6. The van der Waals surface area contributed by atoms with Crippen molar-refractivity contribution in [3.63, 3.8) is 0 Å². The molecule has 0 amide bonds. The van der Waals surface area contributed by atoms with E-state index in [1.807, 2.05) is 13.0 Å². The highest BCUT2D eigenvalue weighted by atomic mass is 16.4. The first kappa shape index (κ1) is 23.1. The normalized spacial score (nSPS) is 15.0. The first-order chi connectivity index (χ1) is 17.4. The van der Waals surface area contributed by atoms with Gasteiger partial charge in [0.1, 0.15) is 0 Å². The molecule has 5 rings (SSSR count). The first-order valence-corrected chi connectivity index (χ1v) is 11.4. The van der Waals surface area contributed by atoms with Crippen LogP contribution in [0.1, 0.15) is 29.3 Å². The molecule has 0 atom stereocenters. The standard InChI is InChI=1S/C26H23N7O3/c1-16-14-32(15-23(34)17-7-8-24-22(11-17)31(3)26(35)36-24)10-9-20(16)30-25(28-2)33-21-6-4-5-18(12-27)19(21)13-29-33/h4-8,11,13H,2,9-10,14-15H2,1,3H3. The fourth-order valence-electron chi connectivity index (χ4n) is 4.44.